The molecule has 2 fully saturated rings. The summed E-state index contributed by atoms with van der Waals surface area (Å²) in [7, 11) is 3.99. The summed E-state index contributed by atoms with van der Waals surface area (Å²) in [5.41, 5.74) is 0.307. The lowest BCUT2D eigenvalue weighted by Gasteiger charge is -2.72. The molecule has 4 aliphatic carbocycles. The van der Waals surface area contributed by atoms with Crippen LogP contribution in [-0.2, 0) is 21.4 Å². The minimum atomic E-state index is -0.900. The second-order valence-corrected chi connectivity index (χ2v) is 11.9. The van der Waals surface area contributed by atoms with Crippen LogP contribution in [-0.4, -0.2) is 60.0 Å². The fourth-order valence-corrected chi connectivity index (χ4v) is 8.90. The van der Waals surface area contributed by atoms with Gasteiger partial charge < -0.3 is 24.2 Å². The molecule has 0 amide bonds. The third-order valence-electron chi connectivity index (χ3n) is 10.3. The Morgan fingerprint density at radius 2 is 2.14 bits per heavy atom. The number of hydrogen-bond donors (Lipinski definition) is 1. The SMILES string of the molecule is C/C=C/C=C/C(=O)Oc1ccc2c3c1O[C@H]1[C@@]4(OC)C=C[C@@]5(C[C@@H]4[C@](C)(O)CCC)[C@@H](C2)N(C)CC[C@]315. The van der Waals surface area contributed by atoms with Crippen LogP contribution in [0.3, 0.4) is 0 Å². The quantitative estimate of drug-likeness (QED) is 0.194. The van der Waals surface area contributed by atoms with Crippen LogP contribution in [0.1, 0.15) is 57.6 Å². The fraction of sp³-hybridized carbons (Fsp3) is 0.581. The Morgan fingerprint density at radius 1 is 1.32 bits per heavy atom. The van der Waals surface area contributed by atoms with Crippen LogP contribution in [0.4, 0.5) is 0 Å². The van der Waals surface area contributed by atoms with E-state index in [4.69, 9.17) is 14.2 Å². The molecule has 0 radical (unpaired) electrons. The minimum Gasteiger partial charge on any atom is -0.482 e. The van der Waals surface area contributed by atoms with Crippen molar-refractivity contribution in [3.05, 3.63) is 59.7 Å². The summed E-state index contributed by atoms with van der Waals surface area (Å²) < 4.78 is 19.3. The Balaban J connectivity index is 1.54. The first kappa shape index (κ1) is 24.9. The van der Waals surface area contributed by atoms with Crippen LogP contribution in [0.15, 0.2) is 48.6 Å². The van der Waals surface area contributed by atoms with E-state index in [0.29, 0.717) is 24.0 Å². The molecule has 0 aromatic heterocycles. The van der Waals surface area contributed by atoms with E-state index in [1.54, 1.807) is 19.3 Å². The van der Waals surface area contributed by atoms with Gasteiger partial charge in [-0.2, -0.15) is 0 Å². The maximum Gasteiger partial charge on any atom is 0.336 e. The van der Waals surface area contributed by atoms with Crippen molar-refractivity contribution in [1.29, 1.82) is 0 Å². The van der Waals surface area contributed by atoms with Gasteiger partial charge in [-0.1, -0.05) is 49.8 Å². The molecule has 2 aliphatic heterocycles. The number of methoxy groups -OCH3 is 1. The molecule has 2 spiro atoms. The third kappa shape index (κ3) is 3.01. The smallest absolute Gasteiger partial charge is 0.336 e. The van der Waals surface area contributed by atoms with E-state index < -0.39 is 17.2 Å². The fourth-order valence-electron chi connectivity index (χ4n) is 8.90. The second-order valence-electron chi connectivity index (χ2n) is 11.9. The van der Waals surface area contributed by atoms with Gasteiger partial charge in [0.2, 0.25) is 0 Å². The first-order valence-corrected chi connectivity index (χ1v) is 13.7. The summed E-state index contributed by atoms with van der Waals surface area (Å²) in [5, 5.41) is 11.9. The molecule has 1 N–H and O–H groups in total. The lowest BCUT2D eigenvalue weighted by atomic mass is 9.36. The van der Waals surface area contributed by atoms with Gasteiger partial charge in [-0.25, -0.2) is 4.79 Å². The van der Waals surface area contributed by atoms with Gasteiger partial charge >= 0.3 is 5.97 Å². The van der Waals surface area contributed by atoms with Crippen LogP contribution in [0, 0.1) is 11.3 Å². The van der Waals surface area contributed by atoms with Crippen LogP contribution >= 0.6 is 0 Å². The molecule has 37 heavy (non-hydrogen) atoms. The van der Waals surface area contributed by atoms with Gasteiger partial charge in [0.15, 0.2) is 11.5 Å². The number of hydrogen-bond acceptors (Lipinski definition) is 6. The first-order valence-electron chi connectivity index (χ1n) is 13.7. The van der Waals surface area contributed by atoms with Crippen molar-refractivity contribution < 1.29 is 24.1 Å². The molecule has 1 aromatic carbocycles. The first-order chi connectivity index (χ1) is 17.7. The Morgan fingerprint density at radius 3 is 2.86 bits per heavy atom. The molecule has 1 aromatic rings. The lowest BCUT2D eigenvalue weighted by molar-refractivity contribution is -0.247. The van der Waals surface area contributed by atoms with Crippen molar-refractivity contribution in [2.45, 2.75) is 81.6 Å². The van der Waals surface area contributed by atoms with Gasteiger partial charge in [-0.05, 0) is 64.8 Å². The molecule has 6 aliphatic rings. The molecule has 1 saturated carbocycles. The van der Waals surface area contributed by atoms with Gasteiger partial charge in [-0.3, -0.25) is 0 Å². The van der Waals surface area contributed by atoms with E-state index in [0.717, 1.165) is 32.2 Å². The van der Waals surface area contributed by atoms with Crippen molar-refractivity contribution in [3.63, 3.8) is 0 Å². The summed E-state index contributed by atoms with van der Waals surface area (Å²) in [5.74, 6) is 0.604. The number of carbonyl (C=O) groups excluding carboxylic acids is 1. The number of piperidine rings is 1. The van der Waals surface area contributed by atoms with Crippen LogP contribution in [0.25, 0.3) is 0 Å². The van der Waals surface area contributed by atoms with Crippen molar-refractivity contribution in [1.82, 2.24) is 4.90 Å². The average molecular weight is 506 g/mol. The Kier molecular flexibility index (Phi) is 5.58. The topological polar surface area (TPSA) is 68.2 Å². The van der Waals surface area contributed by atoms with Crippen molar-refractivity contribution >= 4 is 5.97 Å². The van der Waals surface area contributed by atoms with Crippen molar-refractivity contribution in [2.24, 2.45) is 11.3 Å². The number of likely N-dealkylation sites (tertiary alicyclic amines) is 1. The summed E-state index contributed by atoms with van der Waals surface area (Å²) in [6.45, 7) is 6.95. The number of carbonyl (C=O) groups is 1. The van der Waals surface area contributed by atoms with E-state index in [2.05, 4.69) is 37.1 Å². The summed E-state index contributed by atoms with van der Waals surface area (Å²) in [6.07, 6.45) is 15.4. The van der Waals surface area contributed by atoms with Gasteiger partial charge in [0.05, 0.1) is 11.0 Å². The Bertz CT molecular complexity index is 1220. The van der Waals surface area contributed by atoms with E-state index in [1.165, 1.54) is 17.2 Å². The minimum absolute atomic E-state index is 0.118. The molecule has 6 nitrogen and oxygen atoms in total. The third-order valence-corrected chi connectivity index (χ3v) is 10.3. The largest absolute Gasteiger partial charge is 0.482 e. The number of fused-ring (bicyclic) bond motifs is 1. The van der Waals surface area contributed by atoms with E-state index in [1.807, 2.05) is 26.0 Å². The number of rotatable bonds is 7. The predicted molar refractivity (Wildman–Crippen MR) is 142 cm³/mol. The van der Waals surface area contributed by atoms with E-state index in [-0.39, 0.29) is 22.9 Å². The highest BCUT2D eigenvalue weighted by atomic mass is 16.6. The molecular weight excluding hydrogens is 466 g/mol. The summed E-state index contributed by atoms with van der Waals surface area (Å²) in [4.78, 5) is 15.2. The highest BCUT2D eigenvalue weighted by Crippen LogP contribution is 2.75. The normalized spacial score (nSPS) is 38.6. The standard InChI is InChI=1S/C31H39NO5/c1-6-8-9-10-24(33)36-21-12-11-20-18-23-29-14-15-31(35-5,22(19-29)28(3,34)13-7-2)27-30(29,16-17-32(23)4)25(20)26(21)37-27/h6,8-12,14-15,22-23,27,34H,7,13,16-19H2,1-5H3/b8-6+,10-9+/t22-,23-,27-,28-,29-,30+,31-/m1/s1. The zero-order chi connectivity index (χ0) is 26.2. The summed E-state index contributed by atoms with van der Waals surface area (Å²) in [6, 6.07) is 4.31. The summed E-state index contributed by atoms with van der Waals surface area (Å²) >= 11 is 0. The predicted octanol–water partition coefficient (Wildman–Crippen LogP) is 4.50. The van der Waals surface area contributed by atoms with Crippen LogP contribution < -0.4 is 9.47 Å². The number of benzene rings is 1. The molecule has 7 atom stereocenters. The maximum absolute atomic E-state index is 12.7. The zero-order valence-corrected chi connectivity index (χ0v) is 22.6. The number of aliphatic hydroxyl groups is 1. The average Bonchev–Trinajstić information content (AvgIpc) is 3.24. The number of likely N-dealkylation sites (N-methyl/N-ethyl adjacent to an activating group) is 1. The van der Waals surface area contributed by atoms with Crippen LogP contribution in [0.2, 0.25) is 0 Å². The molecule has 2 heterocycles. The molecule has 198 valence electrons. The molecule has 7 rings (SSSR count). The number of nitrogens with zero attached hydrogens (tertiary/aromatic N) is 1. The molecule has 6 heteroatoms. The van der Waals surface area contributed by atoms with Gasteiger partial charge in [-0.15, -0.1) is 0 Å². The Labute approximate surface area is 220 Å². The highest BCUT2D eigenvalue weighted by Gasteiger charge is 2.80. The van der Waals surface area contributed by atoms with E-state index in [9.17, 15) is 9.90 Å². The monoisotopic (exact) mass is 505 g/mol. The van der Waals surface area contributed by atoms with Gasteiger partial charge in [0.25, 0.3) is 0 Å². The van der Waals surface area contributed by atoms with Crippen LogP contribution in [0.5, 0.6) is 11.5 Å². The van der Waals surface area contributed by atoms with Crippen molar-refractivity contribution in [2.75, 3.05) is 20.7 Å². The van der Waals surface area contributed by atoms with Gasteiger partial charge in [0, 0.05) is 36.1 Å². The molecular formula is C31H39NO5. The zero-order valence-electron chi connectivity index (χ0n) is 22.6. The van der Waals surface area contributed by atoms with Gasteiger partial charge in [0.1, 0.15) is 11.7 Å². The molecule has 4 bridgehead atoms. The van der Waals surface area contributed by atoms with E-state index >= 15 is 0 Å². The van der Waals surface area contributed by atoms with Crippen molar-refractivity contribution in [3.8, 4) is 11.5 Å². The number of ether oxygens (including phenoxy) is 3. The number of esters is 1. The lowest BCUT2D eigenvalue weighted by Crippen LogP contribution is -2.80. The molecule has 0 unspecified atom stereocenters. The molecule has 1 saturated heterocycles. The second kappa shape index (κ2) is 8.29. The number of allylic oxidation sites excluding steroid dienone is 3. The highest BCUT2D eigenvalue weighted by molar-refractivity contribution is 5.85. The Hall–Kier alpha value is -2.41. The maximum atomic E-state index is 12.7.